The number of hydrogen-bond donors (Lipinski definition) is 1. The summed E-state index contributed by atoms with van der Waals surface area (Å²) in [5.74, 6) is 2.17. The maximum atomic E-state index is 10.4. The smallest absolute Gasteiger partial charge is 0.226 e. The van der Waals surface area contributed by atoms with Gasteiger partial charge in [-0.1, -0.05) is 24.3 Å². The fourth-order valence-corrected chi connectivity index (χ4v) is 1.99. The van der Waals surface area contributed by atoms with E-state index in [0.717, 1.165) is 17.7 Å². The van der Waals surface area contributed by atoms with Gasteiger partial charge in [-0.2, -0.15) is 0 Å². The van der Waals surface area contributed by atoms with Crippen LogP contribution in [0, 0.1) is 0 Å². The molecule has 16 heavy (non-hydrogen) atoms. The van der Waals surface area contributed by atoms with E-state index in [1.807, 2.05) is 24.3 Å². The Morgan fingerprint density at radius 3 is 2.75 bits per heavy atom. The molecule has 2 fully saturated rings. The van der Waals surface area contributed by atoms with Crippen molar-refractivity contribution < 1.29 is 14.3 Å². The van der Waals surface area contributed by atoms with Crippen LogP contribution in [0.25, 0.3) is 0 Å². The Labute approximate surface area is 92.9 Å². The molecule has 2 heterocycles. The highest BCUT2D eigenvalue weighted by Gasteiger charge is 2.39. The second-order valence-corrected chi connectivity index (χ2v) is 3.80. The molecule has 2 aliphatic rings. The van der Waals surface area contributed by atoms with Crippen LogP contribution >= 0.6 is 0 Å². The zero-order valence-corrected chi connectivity index (χ0v) is 8.60. The predicted molar refractivity (Wildman–Crippen MR) is 56.2 cm³/mol. The van der Waals surface area contributed by atoms with Gasteiger partial charge in [-0.05, 0) is 0 Å². The molecule has 0 aliphatic carbocycles. The van der Waals surface area contributed by atoms with E-state index in [1.54, 1.807) is 5.94 Å². The van der Waals surface area contributed by atoms with Gasteiger partial charge < -0.3 is 9.47 Å². The minimum Gasteiger partial charge on any atom is -0.466 e. The van der Waals surface area contributed by atoms with Gasteiger partial charge >= 0.3 is 0 Å². The summed E-state index contributed by atoms with van der Waals surface area (Å²) in [7, 11) is 0. The van der Waals surface area contributed by atoms with Crippen molar-refractivity contribution in [3.8, 4) is 0 Å². The van der Waals surface area contributed by atoms with Gasteiger partial charge in [0.25, 0.3) is 0 Å². The molecule has 2 saturated heterocycles. The first-order valence-corrected chi connectivity index (χ1v) is 5.25. The molecule has 1 N–H and O–H groups in total. The van der Waals surface area contributed by atoms with Gasteiger partial charge in [0.1, 0.15) is 6.23 Å². The zero-order chi connectivity index (χ0) is 11.0. The predicted octanol–water partition coefficient (Wildman–Crippen LogP) is 1.09. The second kappa shape index (κ2) is 3.76. The molecular weight excluding hydrogens is 206 g/mol. The van der Waals surface area contributed by atoms with Crippen LogP contribution in [-0.2, 0) is 14.3 Å². The Hall–Kier alpha value is -1.61. The lowest BCUT2D eigenvalue weighted by atomic mass is 10.0. The van der Waals surface area contributed by atoms with Crippen molar-refractivity contribution in [1.82, 2.24) is 5.32 Å². The van der Waals surface area contributed by atoms with Crippen LogP contribution < -0.4 is 5.32 Å². The lowest BCUT2D eigenvalue weighted by molar-refractivity contribution is 0.101. The van der Waals surface area contributed by atoms with E-state index in [2.05, 4.69) is 5.32 Å². The van der Waals surface area contributed by atoms with E-state index in [-0.39, 0.29) is 12.3 Å². The summed E-state index contributed by atoms with van der Waals surface area (Å²) in [6.45, 7) is 1.56. The van der Waals surface area contributed by atoms with Crippen LogP contribution in [0.3, 0.4) is 0 Å². The summed E-state index contributed by atoms with van der Waals surface area (Å²) < 4.78 is 10.7. The molecular formula is C12H11NO3. The number of rotatable bonds is 2. The van der Waals surface area contributed by atoms with Crippen molar-refractivity contribution in [3.63, 3.8) is 0 Å². The first-order chi connectivity index (χ1) is 7.90. The third kappa shape index (κ3) is 1.53. The first kappa shape index (κ1) is 9.60. The van der Waals surface area contributed by atoms with Crippen molar-refractivity contribution >= 4 is 5.94 Å². The minimum atomic E-state index is -0.223. The SMILES string of the molecule is O=C=C1OC1c1ccccc1C1NCCO1. The lowest BCUT2D eigenvalue weighted by Crippen LogP contribution is -2.15. The Balaban J connectivity index is 1.95. The van der Waals surface area contributed by atoms with Gasteiger partial charge in [-0.15, -0.1) is 0 Å². The van der Waals surface area contributed by atoms with Gasteiger partial charge in [-0.3, -0.25) is 5.32 Å². The molecule has 4 nitrogen and oxygen atoms in total. The molecule has 0 bridgehead atoms. The van der Waals surface area contributed by atoms with Crippen LogP contribution in [0.5, 0.6) is 0 Å². The molecule has 0 saturated carbocycles. The average Bonchev–Trinajstić information content (AvgIpc) is 2.93. The zero-order valence-electron chi connectivity index (χ0n) is 8.60. The Morgan fingerprint density at radius 2 is 2.12 bits per heavy atom. The molecule has 0 spiro atoms. The Kier molecular flexibility index (Phi) is 2.26. The van der Waals surface area contributed by atoms with Crippen LogP contribution in [0.1, 0.15) is 23.5 Å². The van der Waals surface area contributed by atoms with Gasteiger partial charge in [-0.25, -0.2) is 4.79 Å². The summed E-state index contributed by atoms with van der Waals surface area (Å²) in [5, 5.41) is 3.24. The molecule has 0 aromatic heterocycles. The largest absolute Gasteiger partial charge is 0.466 e. The van der Waals surface area contributed by atoms with E-state index >= 15 is 0 Å². The van der Waals surface area contributed by atoms with Gasteiger partial charge in [0.15, 0.2) is 12.0 Å². The molecule has 0 radical (unpaired) electrons. The average molecular weight is 217 g/mol. The standard InChI is InChI=1S/C12H11NO3/c14-7-10-11(16-10)8-3-1-2-4-9(8)12-13-5-6-15-12/h1-4,11-13H,5-6H2. The molecule has 2 aliphatic heterocycles. The number of hydrogen-bond acceptors (Lipinski definition) is 4. The topological polar surface area (TPSA) is 50.9 Å². The fraction of sp³-hybridized carbons (Fsp3) is 0.333. The molecule has 82 valence electrons. The second-order valence-electron chi connectivity index (χ2n) is 3.80. The highest BCUT2D eigenvalue weighted by atomic mass is 16.6. The molecule has 1 aromatic rings. The summed E-state index contributed by atoms with van der Waals surface area (Å²) in [5.41, 5.74) is 2.02. The van der Waals surface area contributed by atoms with Crippen molar-refractivity contribution in [2.45, 2.75) is 12.3 Å². The number of carbonyl (C=O) groups excluding carboxylic acids is 1. The monoisotopic (exact) mass is 217 g/mol. The Bertz CT molecular complexity index is 459. The van der Waals surface area contributed by atoms with Gasteiger partial charge in [0.05, 0.1) is 6.61 Å². The van der Waals surface area contributed by atoms with Crippen LogP contribution in [0.4, 0.5) is 0 Å². The van der Waals surface area contributed by atoms with Crippen molar-refractivity contribution in [1.29, 1.82) is 0 Å². The summed E-state index contributed by atoms with van der Waals surface area (Å²) >= 11 is 0. The van der Waals surface area contributed by atoms with E-state index in [0.29, 0.717) is 12.4 Å². The fourth-order valence-electron chi connectivity index (χ4n) is 1.99. The quantitative estimate of drug-likeness (QED) is 0.595. The van der Waals surface area contributed by atoms with Crippen molar-refractivity contribution in [2.75, 3.05) is 13.2 Å². The summed E-state index contributed by atoms with van der Waals surface area (Å²) in [6.07, 6.45) is -0.312. The molecule has 3 rings (SSSR count). The normalized spacial score (nSPS) is 27.4. The highest BCUT2D eigenvalue weighted by Crippen LogP contribution is 2.43. The number of epoxide rings is 1. The lowest BCUT2D eigenvalue weighted by Gasteiger charge is -2.13. The molecule has 1 aromatic carbocycles. The highest BCUT2D eigenvalue weighted by molar-refractivity contribution is 5.58. The van der Waals surface area contributed by atoms with E-state index in [9.17, 15) is 4.79 Å². The van der Waals surface area contributed by atoms with E-state index in [4.69, 9.17) is 9.47 Å². The molecule has 4 heteroatoms. The Morgan fingerprint density at radius 1 is 1.31 bits per heavy atom. The van der Waals surface area contributed by atoms with Crippen LogP contribution in [0.2, 0.25) is 0 Å². The van der Waals surface area contributed by atoms with Gasteiger partial charge in [0, 0.05) is 17.7 Å². The maximum absolute atomic E-state index is 10.4. The third-order valence-corrected chi connectivity index (χ3v) is 2.80. The molecule has 2 atom stereocenters. The maximum Gasteiger partial charge on any atom is 0.226 e. The molecule has 0 amide bonds. The van der Waals surface area contributed by atoms with Crippen molar-refractivity contribution in [3.05, 3.63) is 41.2 Å². The third-order valence-electron chi connectivity index (χ3n) is 2.80. The van der Waals surface area contributed by atoms with E-state index < -0.39 is 0 Å². The minimum absolute atomic E-state index is 0.0895. The summed E-state index contributed by atoms with van der Waals surface area (Å²) in [4.78, 5) is 10.4. The van der Waals surface area contributed by atoms with E-state index in [1.165, 1.54) is 0 Å². The number of ether oxygens (including phenoxy) is 2. The summed E-state index contributed by atoms with van der Waals surface area (Å²) in [6, 6.07) is 7.82. The van der Waals surface area contributed by atoms with Gasteiger partial charge in [0.2, 0.25) is 5.76 Å². The van der Waals surface area contributed by atoms with Crippen molar-refractivity contribution in [2.24, 2.45) is 0 Å². The van der Waals surface area contributed by atoms with Crippen LogP contribution in [-0.4, -0.2) is 19.1 Å². The number of nitrogens with one attached hydrogen (secondary N) is 1. The molecule has 2 unspecified atom stereocenters. The van der Waals surface area contributed by atoms with Crippen LogP contribution in [0.15, 0.2) is 30.0 Å². The first-order valence-electron chi connectivity index (χ1n) is 5.25. The number of benzene rings is 1.